The van der Waals surface area contributed by atoms with Crippen LogP contribution in [-0.4, -0.2) is 38.2 Å². The van der Waals surface area contributed by atoms with E-state index in [0.29, 0.717) is 22.5 Å². The molecule has 4 N–H and O–H groups in total. The van der Waals surface area contributed by atoms with Crippen LogP contribution in [0.2, 0.25) is 0 Å². The zero-order chi connectivity index (χ0) is 19.3. The molecule has 0 saturated heterocycles. The number of rotatable bonds is 8. The normalized spacial score (nSPS) is 10.9. The monoisotopic (exact) mass is 396 g/mol. The second-order valence-electron chi connectivity index (χ2n) is 6.04. The SMILES string of the molecule is COc1ccc2nc(Nc3ncnc(NCCCn4ccnc4)c3N)sc2c1. The van der Waals surface area contributed by atoms with Gasteiger partial charge in [-0.25, -0.2) is 19.9 Å². The van der Waals surface area contributed by atoms with Crippen LogP contribution in [0, 0.1) is 0 Å². The number of imidazole rings is 1. The summed E-state index contributed by atoms with van der Waals surface area (Å²) in [5.41, 5.74) is 7.59. The van der Waals surface area contributed by atoms with Crippen molar-refractivity contribution in [1.29, 1.82) is 0 Å². The lowest BCUT2D eigenvalue weighted by Gasteiger charge is -2.11. The molecule has 28 heavy (non-hydrogen) atoms. The molecular formula is C18H20N8OS. The summed E-state index contributed by atoms with van der Waals surface area (Å²) in [6.45, 7) is 1.61. The van der Waals surface area contributed by atoms with Crippen LogP contribution in [0.4, 0.5) is 22.5 Å². The molecule has 4 aromatic rings. The van der Waals surface area contributed by atoms with E-state index in [4.69, 9.17) is 10.5 Å². The molecule has 144 valence electrons. The Morgan fingerprint density at radius 2 is 2.14 bits per heavy atom. The number of hydrogen-bond donors (Lipinski definition) is 3. The Kier molecular flexibility index (Phi) is 5.20. The van der Waals surface area contributed by atoms with E-state index < -0.39 is 0 Å². The number of anilines is 4. The number of aromatic nitrogens is 5. The largest absolute Gasteiger partial charge is 0.497 e. The number of nitrogens with one attached hydrogen (secondary N) is 2. The van der Waals surface area contributed by atoms with E-state index in [1.54, 1.807) is 19.6 Å². The summed E-state index contributed by atoms with van der Waals surface area (Å²) in [6.07, 6.45) is 7.91. The van der Waals surface area contributed by atoms with Crippen molar-refractivity contribution in [1.82, 2.24) is 24.5 Å². The minimum absolute atomic E-state index is 0.460. The van der Waals surface area contributed by atoms with Gasteiger partial charge in [-0.15, -0.1) is 0 Å². The van der Waals surface area contributed by atoms with Gasteiger partial charge in [-0.05, 0) is 24.6 Å². The van der Waals surface area contributed by atoms with E-state index in [0.717, 1.165) is 35.5 Å². The summed E-state index contributed by atoms with van der Waals surface area (Å²) in [7, 11) is 1.65. The van der Waals surface area contributed by atoms with E-state index in [9.17, 15) is 0 Å². The molecule has 0 unspecified atom stereocenters. The van der Waals surface area contributed by atoms with E-state index in [1.165, 1.54) is 17.7 Å². The highest BCUT2D eigenvalue weighted by Crippen LogP contribution is 2.32. The fraction of sp³-hybridized carbons (Fsp3) is 0.222. The third-order valence-corrected chi connectivity index (χ3v) is 5.08. The van der Waals surface area contributed by atoms with Gasteiger partial charge in [-0.2, -0.15) is 0 Å². The molecule has 0 radical (unpaired) electrons. The fourth-order valence-electron chi connectivity index (χ4n) is 2.71. The first-order valence-corrected chi connectivity index (χ1v) is 9.56. The van der Waals surface area contributed by atoms with Crippen LogP contribution in [-0.2, 0) is 6.54 Å². The Morgan fingerprint density at radius 3 is 2.96 bits per heavy atom. The smallest absolute Gasteiger partial charge is 0.189 e. The average molecular weight is 396 g/mol. The van der Waals surface area contributed by atoms with E-state index in [1.807, 2.05) is 29.0 Å². The molecule has 10 heteroatoms. The zero-order valence-corrected chi connectivity index (χ0v) is 16.1. The van der Waals surface area contributed by atoms with Gasteiger partial charge in [0.05, 0.1) is 23.7 Å². The molecule has 3 heterocycles. The molecular weight excluding hydrogens is 376 g/mol. The predicted molar refractivity (Wildman–Crippen MR) is 111 cm³/mol. The topological polar surface area (TPSA) is 116 Å². The molecule has 0 atom stereocenters. The summed E-state index contributed by atoms with van der Waals surface area (Å²) in [5, 5.41) is 7.16. The van der Waals surface area contributed by atoms with Gasteiger partial charge in [-0.3, -0.25) is 0 Å². The summed E-state index contributed by atoms with van der Waals surface area (Å²) in [5.74, 6) is 1.93. The van der Waals surface area contributed by atoms with Crippen molar-refractivity contribution in [3.05, 3.63) is 43.2 Å². The lowest BCUT2D eigenvalue weighted by atomic mass is 10.3. The highest BCUT2D eigenvalue weighted by molar-refractivity contribution is 7.22. The van der Waals surface area contributed by atoms with Gasteiger partial charge >= 0.3 is 0 Å². The zero-order valence-electron chi connectivity index (χ0n) is 15.3. The summed E-state index contributed by atoms with van der Waals surface area (Å²) in [6, 6.07) is 5.76. The van der Waals surface area contributed by atoms with Gasteiger partial charge in [0.2, 0.25) is 0 Å². The number of methoxy groups -OCH3 is 1. The Morgan fingerprint density at radius 1 is 1.25 bits per heavy atom. The average Bonchev–Trinajstić information content (AvgIpc) is 3.36. The van der Waals surface area contributed by atoms with Crippen molar-refractivity contribution in [3.8, 4) is 5.75 Å². The second-order valence-corrected chi connectivity index (χ2v) is 7.07. The first kappa shape index (κ1) is 18.0. The third-order valence-electron chi connectivity index (χ3n) is 4.15. The maximum Gasteiger partial charge on any atom is 0.189 e. The molecule has 4 rings (SSSR count). The predicted octanol–water partition coefficient (Wildman–Crippen LogP) is 3.12. The van der Waals surface area contributed by atoms with Crippen molar-refractivity contribution >= 4 is 44.0 Å². The van der Waals surface area contributed by atoms with E-state index >= 15 is 0 Å². The Balaban J connectivity index is 1.42. The number of ether oxygens (including phenoxy) is 1. The molecule has 0 amide bonds. The molecule has 0 saturated carbocycles. The van der Waals surface area contributed by atoms with Gasteiger partial charge in [0, 0.05) is 25.5 Å². The number of nitrogens with two attached hydrogens (primary N) is 1. The number of nitrogens with zero attached hydrogens (tertiary/aromatic N) is 5. The van der Waals surface area contributed by atoms with Crippen LogP contribution in [0.5, 0.6) is 5.75 Å². The second kappa shape index (κ2) is 8.09. The molecule has 0 spiro atoms. The number of fused-ring (bicyclic) bond motifs is 1. The van der Waals surface area contributed by atoms with Gasteiger partial charge < -0.3 is 25.7 Å². The van der Waals surface area contributed by atoms with Crippen LogP contribution in [0.1, 0.15) is 6.42 Å². The van der Waals surface area contributed by atoms with E-state index in [-0.39, 0.29) is 0 Å². The minimum Gasteiger partial charge on any atom is -0.497 e. The van der Waals surface area contributed by atoms with Gasteiger partial charge in [0.25, 0.3) is 0 Å². The number of thiazole rings is 1. The summed E-state index contributed by atoms with van der Waals surface area (Å²) in [4.78, 5) is 17.1. The van der Waals surface area contributed by atoms with Crippen molar-refractivity contribution in [2.24, 2.45) is 0 Å². The maximum absolute atomic E-state index is 6.24. The van der Waals surface area contributed by atoms with Gasteiger partial charge in [0.1, 0.15) is 17.8 Å². The fourth-order valence-corrected chi connectivity index (χ4v) is 3.60. The number of nitrogen functional groups attached to an aromatic ring is 1. The maximum atomic E-state index is 6.24. The number of hydrogen-bond acceptors (Lipinski definition) is 9. The van der Waals surface area contributed by atoms with Crippen LogP contribution in [0.3, 0.4) is 0 Å². The molecule has 9 nitrogen and oxygen atoms in total. The quantitative estimate of drug-likeness (QED) is 0.389. The van der Waals surface area contributed by atoms with Crippen LogP contribution in [0.25, 0.3) is 10.2 Å². The molecule has 0 fully saturated rings. The van der Waals surface area contributed by atoms with E-state index in [2.05, 4.69) is 30.6 Å². The first-order valence-electron chi connectivity index (χ1n) is 8.74. The highest BCUT2D eigenvalue weighted by atomic mass is 32.1. The molecule has 0 aliphatic carbocycles. The van der Waals surface area contributed by atoms with Crippen LogP contribution in [0.15, 0.2) is 43.2 Å². The van der Waals surface area contributed by atoms with Gasteiger partial charge in [-0.1, -0.05) is 11.3 Å². The van der Waals surface area contributed by atoms with Crippen molar-refractivity contribution in [2.45, 2.75) is 13.0 Å². The lowest BCUT2D eigenvalue weighted by molar-refractivity contribution is 0.415. The minimum atomic E-state index is 0.460. The Labute approximate surface area is 165 Å². The van der Waals surface area contributed by atoms with Crippen LogP contribution >= 0.6 is 11.3 Å². The molecule has 0 aliphatic heterocycles. The third kappa shape index (κ3) is 3.96. The molecule has 1 aromatic carbocycles. The Bertz CT molecular complexity index is 1060. The molecule has 0 aliphatic rings. The van der Waals surface area contributed by atoms with Crippen molar-refractivity contribution in [2.75, 3.05) is 30.0 Å². The highest BCUT2D eigenvalue weighted by Gasteiger charge is 2.11. The standard InChI is InChI=1S/C18H20N8OS/c1-27-12-3-4-13-14(9-12)28-18(24-13)25-17-15(19)16(22-10-23-17)21-5-2-7-26-8-6-20-11-26/h3-4,6,8-11H,2,5,7,19H2,1H3,(H2,21,22,23,24,25). The van der Waals surface area contributed by atoms with Crippen molar-refractivity contribution < 1.29 is 4.74 Å². The number of benzene rings is 1. The lowest BCUT2D eigenvalue weighted by Crippen LogP contribution is -2.10. The first-order chi connectivity index (χ1) is 13.7. The Hall–Kier alpha value is -3.40. The summed E-state index contributed by atoms with van der Waals surface area (Å²) >= 11 is 1.51. The number of aryl methyl sites for hydroxylation is 1. The van der Waals surface area contributed by atoms with Gasteiger partial charge in [0.15, 0.2) is 16.8 Å². The molecule has 3 aromatic heterocycles. The van der Waals surface area contributed by atoms with Crippen molar-refractivity contribution in [3.63, 3.8) is 0 Å². The summed E-state index contributed by atoms with van der Waals surface area (Å²) < 4.78 is 8.31. The molecule has 0 bridgehead atoms. The van der Waals surface area contributed by atoms with Crippen LogP contribution < -0.4 is 21.1 Å².